The first-order valence-electron chi connectivity index (χ1n) is 9.68. The summed E-state index contributed by atoms with van der Waals surface area (Å²) in [4.78, 5) is 29.8. The summed E-state index contributed by atoms with van der Waals surface area (Å²) in [5, 5.41) is 11.4. The number of nitrogens with one attached hydrogen (secondary N) is 1. The minimum atomic E-state index is -0.569. The minimum absolute atomic E-state index is 0.161. The van der Waals surface area contributed by atoms with Gasteiger partial charge in [-0.2, -0.15) is 10.2 Å². The summed E-state index contributed by atoms with van der Waals surface area (Å²) in [5.74, 6) is -0.177. The number of aromatic nitrogens is 5. The fourth-order valence-corrected chi connectivity index (χ4v) is 3.11. The van der Waals surface area contributed by atoms with Crippen LogP contribution in [0.5, 0.6) is 0 Å². The third-order valence-corrected chi connectivity index (χ3v) is 4.62. The summed E-state index contributed by atoms with van der Waals surface area (Å²) in [5.41, 5.74) is 1.81. The van der Waals surface area contributed by atoms with Crippen LogP contribution in [0.25, 0.3) is 11.5 Å². The molecule has 0 atom stereocenters. The zero-order chi connectivity index (χ0) is 21.8. The Bertz CT molecular complexity index is 1210. The van der Waals surface area contributed by atoms with Crippen molar-refractivity contribution in [2.24, 2.45) is 0 Å². The predicted octanol–water partition coefficient (Wildman–Crippen LogP) is 3.19. The van der Waals surface area contributed by atoms with Crippen LogP contribution in [0.2, 0.25) is 0 Å². The van der Waals surface area contributed by atoms with E-state index in [1.807, 2.05) is 36.4 Å². The Balaban J connectivity index is 1.70. The Hall–Kier alpha value is -4.27. The first-order valence-corrected chi connectivity index (χ1v) is 9.68. The average molecular weight is 416 g/mol. The van der Waals surface area contributed by atoms with Gasteiger partial charge in [0.2, 0.25) is 0 Å². The highest BCUT2D eigenvalue weighted by molar-refractivity contribution is 6.08. The van der Waals surface area contributed by atoms with Gasteiger partial charge in [0, 0.05) is 6.20 Å². The van der Waals surface area contributed by atoms with E-state index >= 15 is 0 Å². The van der Waals surface area contributed by atoms with E-state index in [1.54, 1.807) is 36.9 Å². The van der Waals surface area contributed by atoms with Crippen LogP contribution in [0.3, 0.4) is 0 Å². The number of hydrogen-bond donors (Lipinski definition) is 1. The number of para-hydroxylation sites is 1. The molecule has 0 aliphatic heterocycles. The molecule has 0 saturated carbocycles. The van der Waals surface area contributed by atoms with Crippen LogP contribution >= 0.6 is 0 Å². The zero-order valence-electron chi connectivity index (χ0n) is 17.0. The van der Waals surface area contributed by atoms with E-state index in [9.17, 15) is 9.59 Å². The Kier molecular flexibility index (Phi) is 5.57. The van der Waals surface area contributed by atoms with Crippen molar-refractivity contribution in [1.29, 1.82) is 0 Å². The maximum Gasteiger partial charge on any atom is 0.343 e. The van der Waals surface area contributed by atoms with Gasteiger partial charge in [0.1, 0.15) is 5.56 Å². The number of carbonyl (C=O) groups is 2. The van der Waals surface area contributed by atoms with Gasteiger partial charge in [0.05, 0.1) is 35.9 Å². The smallest absolute Gasteiger partial charge is 0.343 e. The molecule has 31 heavy (non-hydrogen) atoms. The van der Waals surface area contributed by atoms with Crippen molar-refractivity contribution in [3.8, 4) is 11.5 Å². The van der Waals surface area contributed by atoms with Crippen molar-refractivity contribution in [2.45, 2.75) is 13.8 Å². The highest BCUT2D eigenvalue weighted by Crippen LogP contribution is 2.23. The van der Waals surface area contributed by atoms with Gasteiger partial charge in [-0.05, 0) is 38.1 Å². The summed E-state index contributed by atoms with van der Waals surface area (Å²) in [6.07, 6.45) is 4.50. The molecule has 3 aromatic heterocycles. The second kappa shape index (κ2) is 8.62. The number of amides is 1. The van der Waals surface area contributed by atoms with E-state index in [0.29, 0.717) is 22.8 Å². The second-order valence-electron chi connectivity index (χ2n) is 6.57. The first kappa shape index (κ1) is 20.0. The molecular formula is C22H20N6O3. The quantitative estimate of drug-likeness (QED) is 0.484. The van der Waals surface area contributed by atoms with Crippen LogP contribution in [0, 0.1) is 6.92 Å². The fourth-order valence-electron chi connectivity index (χ4n) is 3.11. The Labute approximate surface area is 178 Å². The van der Waals surface area contributed by atoms with Gasteiger partial charge >= 0.3 is 5.97 Å². The Morgan fingerprint density at radius 1 is 0.968 bits per heavy atom. The van der Waals surface area contributed by atoms with Gasteiger partial charge in [0.15, 0.2) is 11.6 Å². The third kappa shape index (κ3) is 3.93. The van der Waals surface area contributed by atoms with Gasteiger partial charge in [0.25, 0.3) is 5.91 Å². The summed E-state index contributed by atoms with van der Waals surface area (Å²) < 4.78 is 8.19. The lowest BCUT2D eigenvalue weighted by Crippen LogP contribution is -2.18. The van der Waals surface area contributed by atoms with Gasteiger partial charge in [-0.3, -0.25) is 4.79 Å². The van der Waals surface area contributed by atoms with E-state index in [4.69, 9.17) is 4.74 Å². The van der Waals surface area contributed by atoms with E-state index in [0.717, 1.165) is 0 Å². The molecule has 0 unspecified atom stereocenters. The molecule has 4 aromatic rings. The second-order valence-corrected chi connectivity index (χ2v) is 6.57. The van der Waals surface area contributed by atoms with Gasteiger partial charge in [-0.15, -0.1) is 0 Å². The highest BCUT2D eigenvalue weighted by atomic mass is 16.5. The van der Waals surface area contributed by atoms with Crippen LogP contribution in [-0.4, -0.2) is 43.0 Å². The maximum atomic E-state index is 13.1. The number of anilines is 1. The van der Waals surface area contributed by atoms with E-state index < -0.39 is 11.9 Å². The normalized spacial score (nSPS) is 10.6. The fraction of sp³-hybridized carbons (Fsp3) is 0.136. The number of ether oxygens (including phenoxy) is 1. The van der Waals surface area contributed by atoms with Crippen LogP contribution in [0.4, 0.5) is 5.82 Å². The van der Waals surface area contributed by atoms with Crippen molar-refractivity contribution in [3.05, 3.63) is 83.9 Å². The van der Waals surface area contributed by atoms with Crippen molar-refractivity contribution < 1.29 is 14.3 Å². The monoisotopic (exact) mass is 416 g/mol. The minimum Gasteiger partial charge on any atom is -0.462 e. The van der Waals surface area contributed by atoms with Crippen LogP contribution in [0.1, 0.15) is 33.3 Å². The number of esters is 1. The molecule has 0 saturated heterocycles. The Morgan fingerprint density at radius 2 is 1.68 bits per heavy atom. The predicted molar refractivity (Wildman–Crippen MR) is 114 cm³/mol. The lowest BCUT2D eigenvalue weighted by molar-refractivity contribution is 0.0527. The van der Waals surface area contributed by atoms with Crippen molar-refractivity contribution in [1.82, 2.24) is 24.5 Å². The lowest BCUT2D eigenvalue weighted by Gasteiger charge is -2.11. The molecule has 1 aromatic carbocycles. The molecule has 0 bridgehead atoms. The molecule has 1 amide bonds. The van der Waals surface area contributed by atoms with Crippen LogP contribution < -0.4 is 5.32 Å². The molecule has 9 nitrogen and oxygen atoms in total. The van der Waals surface area contributed by atoms with Gasteiger partial charge in [-0.25, -0.2) is 19.1 Å². The van der Waals surface area contributed by atoms with Crippen LogP contribution in [0.15, 0.2) is 67.1 Å². The first-order chi connectivity index (χ1) is 15.1. The van der Waals surface area contributed by atoms with Gasteiger partial charge < -0.3 is 10.1 Å². The molecule has 0 aliphatic rings. The van der Waals surface area contributed by atoms with E-state index in [1.165, 1.54) is 17.1 Å². The van der Waals surface area contributed by atoms with Crippen molar-refractivity contribution in [2.75, 3.05) is 11.9 Å². The average Bonchev–Trinajstić information content (AvgIpc) is 3.39. The van der Waals surface area contributed by atoms with Gasteiger partial charge in [-0.1, -0.05) is 24.3 Å². The van der Waals surface area contributed by atoms with Crippen LogP contribution in [-0.2, 0) is 4.74 Å². The summed E-state index contributed by atoms with van der Waals surface area (Å²) >= 11 is 0. The third-order valence-electron chi connectivity index (χ3n) is 4.62. The molecule has 4 rings (SSSR count). The SMILES string of the molecule is CCOC(=O)c1cnn(-c2ccccc2)c1NC(=O)c1cnn(-c2ccccn2)c1C. The van der Waals surface area contributed by atoms with E-state index in [2.05, 4.69) is 20.5 Å². The van der Waals surface area contributed by atoms with Crippen molar-refractivity contribution >= 4 is 17.7 Å². The molecule has 0 radical (unpaired) electrons. The lowest BCUT2D eigenvalue weighted by atomic mass is 10.2. The number of nitrogens with zero attached hydrogens (tertiary/aromatic N) is 5. The number of benzene rings is 1. The number of carbonyl (C=O) groups excluding carboxylic acids is 2. The molecule has 0 aliphatic carbocycles. The molecule has 0 spiro atoms. The standard InChI is InChI=1S/C22H20N6O3/c1-3-31-22(30)18-14-25-28(16-9-5-4-6-10-16)20(18)26-21(29)17-13-24-27(15(17)2)19-11-7-8-12-23-19/h4-14H,3H2,1-2H3,(H,26,29). The number of hydrogen-bond acceptors (Lipinski definition) is 6. The molecule has 9 heteroatoms. The Morgan fingerprint density at radius 3 is 2.39 bits per heavy atom. The summed E-state index contributed by atoms with van der Waals surface area (Å²) in [6, 6.07) is 14.6. The molecule has 1 N–H and O–H groups in total. The molecular weight excluding hydrogens is 396 g/mol. The topological polar surface area (TPSA) is 104 Å². The molecule has 0 fully saturated rings. The summed E-state index contributed by atoms with van der Waals surface area (Å²) in [6.45, 7) is 3.70. The molecule has 3 heterocycles. The zero-order valence-corrected chi connectivity index (χ0v) is 17.0. The number of rotatable bonds is 6. The summed E-state index contributed by atoms with van der Waals surface area (Å²) in [7, 11) is 0. The largest absolute Gasteiger partial charge is 0.462 e. The highest BCUT2D eigenvalue weighted by Gasteiger charge is 2.24. The maximum absolute atomic E-state index is 13.1. The van der Waals surface area contributed by atoms with Crippen molar-refractivity contribution in [3.63, 3.8) is 0 Å². The van der Waals surface area contributed by atoms with E-state index in [-0.39, 0.29) is 18.0 Å². The number of pyridine rings is 1. The molecule has 156 valence electrons.